The Morgan fingerprint density at radius 2 is 2.19 bits per heavy atom. The fourth-order valence-electron chi connectivity index (χ4n) is 1.73. The van der Waals surface area contributed by atoms with Gasteiger partial charge in [0.2, 0.25) is 11.7 Å². The summed E-state index contributed by atoms with van der Waals surface area (Å²) < 4.78 is 19.0. The number of hydrogen-bond acceptors (Lipinski definition) is 5. The van der Waals surface area contributed by atoms with E-state index in [0.717, 1.165) is 18.6 Å². The molecule has 0 unspecified atom stereocenters. The first-order valence-corrected chi connectivity index (χ1v) is 6.52. The molecule has 0 radical (unpaired) electrons. The van der Waals surface area contributed by atoms with E-state index < -0.39 is 16.4 Å². The summed E-state index contributed by atoms with van der Waals surface area (Å²) in [5.41, 5.74) is -0.00252. The molecule has 8 heteroatoms. The van der Waals surface area contributed by atoms with Crippen molar-refractivity contribution in [2.24, 2.45) is 0 Å². The van der Waals surface area contributed by atoms with Gasteiger partial charge in [0, 0.05) is 12.1 Å². The number of hydrogen-bond donors (Lipinski definition) is 0. The molecule has 21 heavy (non-hydrogen) atoms. The second-order valence-electron chi connectivity index (χ2n) is 4.17. The fraction of sp³-hybridized carbons (Fsp3) is 0.231. The average molecular weight is 312 g/mol. The maximum Gasteiger partial charge on any atom is 0.305 e. The minimum atomic E-state index is -0.977. The molecule has 0 amide bonds. The van der Waals surface area contributed by atoms with Crippen LogP contribution in [0.3, 0.4) is 0 Å². The van der Waals surface area contributed by atoms with Crippen molar-refractivity contribution < 1.29 is 14.1 Å². The Morgan fingerprint density at radius 3 is 2.81 bits per heavy atom. The monoisotopic (exact) mass is 311 g/mol. The van der Waals surface area contributed by atoms with Crippen LogP contribution in [0, 0.1) is 15.9 Å². The van der Waals surface area contributed by atoms with Crippen LogP contribution in [0.2, 0.25) is 5.15 Å². The molecule has 0 aliphatic heterocycles. The number of halogens is 2. The number of benzene rings is 1. The maximum atomic E-state index is 13.6. The van der Waals surface area contributed by atoms with Gasteiger partial charge in [0.1, 0.15) is 17.2 Å². The van der Waals surface area contributed by atoms with Gasteiger partial charge in [0.05, 0.1) is 10.5 Å². The van der Waals surface area contributed by atoms with E-state index in [1.54, 1.807) is 0 Å². The zero-order valence-electron chi connectivity index (χ0n) is 11.0. The predicted octanol–water partition coefficient (Wildman–Crippen LogP) is 3.92. The molecule has 1 heterocycles. The van der Waals surface area contributed by atoms with Crippen LogP contribution in [0.25, 0.3) is 0 Å². The second kappa shape index (κ2) is 6.45. The Morgan fingerprint density at radius 1 is 1.43 bits per heavy atom. The van der Waals surface area contributed by atoms with Gasteiger partial charge in [0.25, 0.3) is 0 Å². The topological polar surface area (TPSA) is 78.2 Å². The zero-order valence-corrected chi connectivity index (χ0v) is 11.8. The Kier molecular flexibility index (Phi) is 4.64. The van der Waals surface area contributed by atoms with E-state index in [0.29, 0.717) is 12.0 Å². The van der Waals surface area contributed by atoms with E-state index in [-0.39, 0.29) is 16.8 Å². The SMILES string of the molecule is CCCc1c(Cl)ncnc1Oc1ccc([N+](=O)[O-])c(F)c1. The predicted molar refractivity (Wildman–Crippen MR) is 74.2 cm³/mol. The molecule has 6 nitrogen and oxygen atoms in total. The van der Waals surface area contributed by atoms with Crippen LogP contribution in [0.5, 0.6) is 11.6 Å². The number of aromatic nitrogens is 2. The van der Waals surface area contributed by atoms with E-state index in [9.17, 15) is 14.5 Å². The molecule has 0 aliphatic carbocycles. The normalized spacial score (nSPS) is 10.4. The highest BCUT2D eigenvalue weighted by molar-refractivity contribution is 6.30. The Labute approximate surface area is 124 Å². The third kappa shape index (κ3) is 3.43. The molecule has 2 rings (SSSR count). The van der Waals surface area contributed by atoms with Gasteiger partial charge in [-0.05, 0) is 12.5 Å². The first kappa shape index (κ1) is 15.1. The minimum Gasteiger partial charge on any atom is -0.438 e. The van der Waals surface area contributed by atoms with Crippen molar-refractivity contribution in [2.75, 3.05) is 0 Å². The summed E-state index contributed by atoms with van der Waals surface area (Å²) in [6.45, 7) is 1.96. The number of ether oxygens (including phenoxy) is 1. The molecule has 110 valence electrons. The Bertz CT molecular complexity index is 682. The molecule has 0 fully saturated rings. The van der Waals surface area contributed by atoms with Gasteiger partial charge in [-0.15, -0.1) is 0 Å². The van der Waals surface area contributed by atoms with Crippen LogP contribution < -0.4 is 4.74 Å². The first-order valence-electron chi connectivity index (χ1n) is 6.14. The van der Waals surface area contributed by atoms with Gasteiger partial charge in [-0.2, -0.15) is 4.39 Å². The summed E-state index contributed by atoms with van der Waals surface area (Å²) in [5.74, 6) is -0.662. The molecule has 0 saturated carbocycles. The van der Waals surface area contributed by atoms with Crippen LogP contribution >= 0.6 is 11.6 Å². The highest BCUT2D eigenvalue weighted by Crippen LogP contribution is 2.30. The Balaban J connectivity index is 2.32. The lowest BCUT2D eigenvalue weighted by Gasteiger charge is -2.10. The fourth-order valence-corrected chi connectivity index (χ4v) is 1.95. The van der Waals surface area contributed by atoms with Crippen molar-refractivity contribution in [3.63, 3.8) is 0 Å². The van der Waals surface area contributed by atoms with Crippen molar-refractivity contribution in [3.05, 3.63) is 51.2 Å². The van der Waals surface area contributed by atoms with Crippen molar-refractivity contribution in [3.8, 4) is 11.6 Å². The van der Waals surface area contributed by atoms with Crippen LogP contribution in [0.15, 0.2) is 24.5 Å². The number of nitro benzene ring substituents is 1. The molecule has 0 atom stereocenters. The zero-order chi connectivity index (χ0) is 15.4. The number of rotatable bonds is 5. The van der Waals surface area contributed by atoms with Crippen LogP contribution in [-0.4, -0.2) is 14.9 Å². The highest BCUT2D eigenvalue weighted by atomic mass is 35.5. The van der Waals surface area contributed by atoms with Crippen molar-refractivity contribution in [1.82, 2.24) is 9.97 Å². The van der Waals surface area contributed by atoms with E-state index in [1.165, 1.54) is 12.4 Å². The molecule has 0 saturated heterocycles. The van der Waals surface area contributed by atoms with Crippen LogP contribution in [0.4, 0.5) is 10.1 Å². The third-order valence-corrected chi connectivity index (χ3v) is 3.01. The molecule has 0 bridgehead atoms. The summed E-state index contributed by atoms with van der Waals surface area (Å²) in [5, 5.41) is 10.8. The number of nitrogens with zero attached hydrogens (tertiary/aromatic N) is 3. The lowest BCUT2D eigenvalue weighted by Crippen LogP contribution is -1.99. The Hall–Kier alpha value is -2.28. The van der Waals surface area contributed by atoms with Gasteiger partial charge < -0.3 is 4.74 Å². The average Bonchev–Trinajstić information content (AvgIpc) is 2.42. The van der Waals surface area contributed by atoms with E-state index >= 15 is 0 Å². The van der Waals surface area contributed by atoms with E-state index in [1.807, 2.05) is 6.92 Å². The smallest absolute Gasteiger partial charge is 0.305 e. The molecule has 1 aromatic heterocycles. The summed E-state index contributed by atoms with van der Waals surface area (Å²) in [7, 11) is 0. The van der Waals surface area contributed by atoms with Gasteiger partial charge in [0.15, 0.2) is 0 Å². The summed E-state index contributed by atoms with van der Waals surface area (Å²) in [4.78, 5) is 17.6. The molecule has 0 N–H and O–H groups in total. The number of nitro groups is 1. The summed E-state index contributed by atoms with van der Waals surface area (Å²) in [6.07, 6.45) is 2.64. The van der Waals surface area contributed by atoms with E-state index in [4.69, 9.17) is 16.3 Å². The standard InChI is InChI=1S/C13H11ClFN3O3/c1-2-3-9-12(14)16-7-17-13(9)21-8-4-5-11(18(19)20)10(15)6-8/h4-7H,2-3H2,1H3. The molecular weight excluding hydrogens is 301 g/mol. The van der Waals surface area contributed by atoms with Crippen LogP contribution in [-0.2, 0) is 6.42 Å². The lowest BCUT2D eigenvalue weighted by molar-refractivity contribution is -0.387. The lowest BCUT2D eigenvalue weighted by atomic mass is 10.2. The van der Waals surface area contributed by atoms with Gasteiger partial charge >= 0.3 is 5.69 Å². The van der Waals surface area contributed by atoms with Gasteiger partial charge in [-0.3, -0.25) is 10.1 Å². The largest absolute Gasteiger partial charge is 0.438 e. The minimum absolute atomic E-state index is 0.102. The third-order valence-electron chi connectivity index (χ3n) is 2.68. The van der Waals surface area contributed by atoms with Crippen molar-refractivity contribution in [1.29, 1.82) is 0 Å². The van der Waals surface area contributed by atoms with Crippen LogP contribution in [0.1, 0.15) is 18.9 Å². The van der Waals surface area contributed by atoms with E-state index in [2.05, 4.69) is 9.97 Å². The molecular formula is C13H11ClFN3O3. The summed E-state index contributed by atoms with van der Waals surface area (Å²) in [6, 6.07) is 3.27. The molecule has 0 aliphatic rings. The molecule has 2 aromatic rings. The van der Waals surface area contributed by atoms with Gasteiger partial charge in [-0.25, -0.2) is 9.97 Å². The van der Waals surface area contributed by atoms with Crippen molar-refractivity contribution >= 4 is 17.3 Å². The molecule has 1 aromatic carbocycles. The second-order valence-corrected chi connectivity index (χ2v) is 4.53. The first-order chi connectivity index (χ1) is 10.0. The van der Waals surface area contributed by atoms with Crippen molar-refractivity contribution in [2.45, 2.75) is 19.8 Å². The molecule has 0 spiro atoms. The van der Waals surface area contributed by atoms with Gasteiger partial charge in [-0.1, -0.05) is 24.9 Å². The quantitative estimate of drug-likeness (QED) is 0.475. The summed E-state index contributed by atoms with van der Waals surface area (Å²) >= 11 is 5.98. The maximum absolute atomic E-state index is 13.6. The highest BCUT2D eigenvalue weighted by Gasteiger charge is 2.16.